The van der Waals surface area contributed by atoms with Gasteiger partial charge in [0.15, 0.2) is 11.4 Å². The fraction of sp³-hybridized carbons (Fsp3) is 0.100. The number of benzene rings is 1. The van der Waals surface area contributed by atoms with Gasteiger partial charge in [-0.15, -0.1) is 0 Å². The standard InChI is InChI=1S/C10H6F2O2/c1-5-2-9(13)14-10-7(5)3-6(11)4-8(10)12/h2-4H,1H3. The van der Waals surface area contributed by atoms with Gasteiger partial charge in [-0.05, 0) is 18.6 Å². The molecule has 14 heavy (non-hydrogen) atoms. The van der Waals surface area contributed by atoms with Gasteiger partial charge in [-0.25, -0.2) is 13.6 Å². The predicted octanol–water partition coefficient (Wildman–Crippen LogP) is 2.38. The maximum atomic E-state index is 13.1. The molecule has 0 amide bonds. The molecule has 1 aromatic carbocycles. The zero-order valence-corrected chi connectivity index (χ0v) is 7.30. The van der Waals surface area contributed by atoms with Gasteiger partial charge in [0.05, 0.1) is 0 Å². The van der Waals surface area contributed by atoms with Gasteiger partial charge >= 0.3 is 5.63 Å². The molecule has 2 aromatic rings. The number of aryl methyl sites for hydroxylation is 1. The molecule has 0 unspecified atom stereocenters. The molecule has 0 aliphatic carbocycles. The number of hydrogen-bond acceptors (Lipinski definition) is 2. The molecule has 0 aliphatic rings. The van der Waals surface area contributed by atoms with Gasteiger partial charge in [-0.1, -0.05) is 0 Å². The van der Waals surface area contributed by atoms with E-state index in [0.717, 1.165) is 6.07 Å². The van der Waals surface area contributed by atoms with E-state index >= 15 is 0 Å². The minimum Gasteiger partial charge on any atom is -0.420 e. The van der Waals surface area contributed by atoms with Crippen molar-refractivity contribution in [1.82, 2.24) is 0 Å². The van der Waals surface area contributed by atoms with Crippen LogP contribution in [0.1, 0.15) is 5.56 Å². The summed E-state index contributed by atoms with van der Waals surface area (Å²) in [6.07, 6.45) is 0. The quantitative estimate of drug-likeness (QED) is 0.605. The second-order valence-corrected chi connectivity index (χ2v) is 3.01. The maximum absolute atomic E-state index is 13.1. The molecule has 0 radical (unpaired) electrons. The highest BCUT2D eigenvalue weighted by Crippen LogP contribution is 2.20. The molecule has 0 N–H and O–H groups in total. The first-order chi connectivity index (χ1) is 6.58. The maximum Gasteiger partial charge on any atom is 0.336 e. The molecular weight excluding hydrogens is 190 g/mol. The summed E-state index contributed by atoms with van der Waals surface area (Å²) >= 11 is 0. The fourth-order valence-electron chi connectivity index (χ4n) is 1.34. The summed E-state index contributed by atoms with van der Waals surface area (Å²) in [6, 6.07) is 3.02. The molecule has 0 saturated carbocycles. The first kappa shape index (κ1) is 8.87. The summed E-state index contributed by atoms with van der Waals surface area (Å²) in [5, 5.41) is 0.280. The molecule has 0 fully saturated rings. The Kier molecular flexibility index (Phi) is 1.84. The van der Waals surface area contributed by atoms with E-state index in [1.54, 1.807) is 6.92 Å². The number of fused-ring (bicyclic) bond motifs is 1. The molecule has 4 heteroatoms. The summed E-state index contributed by atoms with van der Waals surface area (Å²) in [6.45, 7) is 1.60. The Hall–Kier alpha value is -1.71. The highest BCUT2D eigenvalue weighted by atomic mass is 19.1. The molecule has 0 spiro atoms. The molecule has 2 rings (SSSR count). The average molecular weight is 196 g/mol. The van der Waals surface area contributed by atoms with Crippen molar-refractivity contribution in [3.63, 3.8) is 0 Å². The van der Waals surface area contributed by atoms with Crippen LogP contribution >= 0.6 is 0 Å². The monoisotopic (exact) mass is 196 g/mol. The van der Waals surface area contributed by atoms with Gasteiger partial charge in [0, 0.05) is 17.5 Å². The zero-order valence-electron chi connectivity index (χ0n) is 7.30. The van der Waals surface area contributed by atoms with Gasteiger partial charge in [-0.2, -0.15) is 0 Å². The van der Waals surface area contributed by atoms with E-state index in [-0.39, 0.29) is 11.0 Å². The Bertz CT molecular complexity index is 558. The van der Waals surface area contributed by atoms with Crippen LogP contribution in [-0.4, -0.2) is 0 Å². The second-order valence-electron chi connectivity index (χ2n) is 3.01. The normalized spacial score (nSPS) is 10.8. The van der Waals surface area contributed by atoms with Crippen molar-refractivity contribution >= 4 is 11.0 Å². The average Bonchev–Trinajstić information content (AvgIpc) is 2.07. The van der Waals surface area contributed by atoms with Crippen molar-refractivity contribution in [3.05, 3.63) is 45.8 Å². The lowest BCUT2D eigenvalue weighted by Gasteiger charge is -2.00. The predicted molar refractivity (Wildman–Crippen MR) is 47.1 cm³/mol. The van der Waals surface area contributed by atoms with Crippen molar-refractivity contribution in [2.75, 3.05) is 0 Å². The summed E-state index contributed by atoms with van der Waals surface area (Å²) < 4.78 is 30.6. The van der Waals surface area contributed by atoms with Crippen molar-refractivity contribution in [2.24, 2.45) is 0 Å². The first-order valence-corrected chi connectivity index (χ1v) is 3.97. The van der Waals surface area contributed by atoms with E-state index in [4.69, 9.17) is 0 Å². The van der Waals surface area contributed by atoms with Crippen LogP contribution < -0.4 is 5.63 Å². The lowest BCUT2D eigenvalue weighted by atomic mass is 10.1. The summed E-state index contributed by atoms with van der Waals surface area (Å²) in [5.41, 5.74) is -0.341. The highest BCUT2D eigenvalue weighted by molar-refractivity contribution is 5.80. The van der Waals surface area contributed by atoms with Crippen molar-refractivity contribution < 1.29 is 13.2 Å². The molecule has 1 aromatic heterocycles. The van der Waals surface area contributed by atoms with Crippen LogP contribution in [0.3, 0.4) is 0 Å². The van der Waals surface area contributed by atoms with E-state index in [0.29, 0.717) is 11.6 Å². The van der Waals surface area contributed by atoms with E-state index in [1.807, 2.05) is 0 Å². The van der Waals surface area contributed by atoms with Crippen molar-refractivity contribution in [3.8, 4) is 0 Å². The van der Waals surface area contributed by atoms with Crippen LogP contribution in [0.25, 0.3) is 11.0 Å². The smallest absolute Gasteiger partial charge is 0.336 e. The number of rotatable bonds is 0. The lowest BCUT2D eigenvalue weighted by molar-refractivity contribution is 0.515. The molecule has 0 bridgehead atoms. The zero-order chi connectivity index (χ0) is 10.3. The summed E-state index contributed by atoms with van der Waals surface area (Å²) in [4.78, 5) is 10.9. The van der Waals surface area contributed by atoms with Gasteiger partial charge in [0.1, 0.15) is 5.82 Å². The molecular formula is C10H6F2O2. The lowest BCUT2D eigenvalue weighted by Crippen LogP contribution is -1.99. The minimum atomic E-state index is -0.860. The Balaban J connectivity index is 3.01. The second kappa shape index (κ2) is 2.90. The van der Waals surface area contributed by atoms with Gasteiger partial charge in [0.2, 0.25) is 0 Å². The molecule has 2 nitrogen and oxygen atoms in total. The molecule has 72 valence electrons. The van der Waals surface area contributed by atoms with Crippen molar-refractivity contribution in [2.45, 2.75) is 6.92 Å². The third kappa shape index (κ3) is 1.28. The first-order valence-electron chi connectivity index (χ1n) is 3.97. The Morgan fingerprint density at radius 3 is 2.64 bits per heavy atom. The van der Waals surface area contributed by atoms with Crippen LogP contribution in [0.2, 0.25) is 0 Å². The third-order valence-corrected chi connectivity index (χ3v) is 1.97. The largest absolute Gasteiger partial charge is 0.420 e. The Labute approximate surface area is 77.8 Å². The van der Waals surface area contributed by atoms with Crippen LogP contribution in [0, 0.1) is 18.6 Å². The molecule has 0 atom stereocenters. The molecule has 0 saturated heterocycles. The van der Waals surface area contributed by atoms with E-state index < -0.39 is 17.3 Å². The van der Waals surface area contributed by atoms with Crippen LogP contribution in [0.4, 0.5) is 8.78 Å². The topological polar surface area (TPSA) is 30.2 Å². The third-order valence-electron chi connectivity index (χ3n) is 1.97. The summed E-state index contributed by atoms with van der Waals surface area (Å²) in [5.74, 6) is -1.55. The fourth-order valence-corrected chi connectivity index (χ4v) is 1.34. The van der Waals surface area contributed by atoms with Crippen LogP contribution in [0.5, 0.6) is 0 Å². The number of halogens is 2. The van der Waals surface area contributed by atoms with Gasteiger partial charge < -0.3 is 4.42 Å². The SMILES string of the molecule is Cc1cc(=O)oc2c(F)cc(F)cc12. The van der Waals surface area contributed by atoms with Gasteiger partial charge in [0.25, 0.3) is 0 Å². The van der Waals surface area contributed by atoms with Gasteiger partial charge in [-0.3, -0.25) is 0 Å². The molecule has 0 aliphatic heterocycles. The van der Waals surface area contributed by atoms with Crippen LogP contribution in [-0.2, 0) is 0 Å². The summed E-state index contributed by atoms with van der Waals surface area (Å²) in [7, 11) is 0. The molecule has 1 heterocycles. The van der Waals surface area contributed by atoms with Crippen LogP contribution in [0.15, 0.2) is 27.4 Å². The van der Waals surface area contributed by atoms with E-state index in [2.05, 4.69) is 4.42 Å². The Morgan fingerprint density at radius 2 is 1.93 bits per heavy atom. The van der Waals surface area contributed by atoms with E-state index in [9.17, 15) is 13.6 Å². The highest BCUT2D eigenvalue weighted by Gasteiger charge is 2.09. The number of hydrogen-bond donors (Lipinski definition) is 0. The van der Waals surface area contributed by atoms with Crippen molar-refractivity contribution in [1.29, 1.82) is 0 Å². The Morgan fingerprint density at radius 1 is 1.21 bits per heavy atom. The minimum absolute atomic E-state index is 0.198. The van der Waals surface area contributed by atoms with E-state index in [1.165, 1.54) is 6.07 Å².